The summed E-state index contributed by atoms with van der Waals surface area (Å²) in [5.74, 6) is 1.57. The van der Waals surface area contributed by atoms with Crippen molar-refractivity contribution in [2.45, 2.75) is 6.54 Å². The summed E-state index contributed by atoms with van der Waals surface area (Å²) in [7, 11) is 0. The minimum atomic E-state index is 0.584. The first-order chi connectivity index (χ1) is 12.3. The van der Waals surface area contributed by atoms with E-state index in [9.17, 15) is 0 Å². The molecule has 1 saturated heterocycles. The van der Waals surface area contributed by atoms with Crippen molar-refractivity contribution < 1.29 is 4.74 Å². The van der Waals surface area contributed by atoms with E-state index in [2.05, 4.69) is 21.3 Å². The van der Waals surface area contributed by atoms with E-state index in [1.165, 1.54) is 0 Å². The molecule has 1 aromatic heterocycles. The molecule has 0 saturated carbocycles. The van der Waals surface area contributed by atoms with Crippen molar-refractivity contribution >= 4 is 34.3 Å². The third-order valence-electron chi connectivity index (χ3n) is 4.29. The van der Waals surface area contributed by atoms with Crippen LogP contribution in [0.2, 0.25) is 5.02 Å². The fourth-order valence-electron chi connectivity index (χ4n) is 2.97. The van der Waals surface area contributed by atoms with Crippen LogP contribution in [0.1, 0.15) is 5.56 Å². The molecule has 3 aromatic rings. The van der Waals surface area contributed by atoms with E-state index in [0.717, 1.165) is 53.6 Å². The third kappa shape index (κ3) is 3.52. The molecule has 2 heterocycles. The third-order valence-corrected chi connectivity index (χ3v) is 4.66. The van der Waals surface area contributed by atoms with Crippen LogP contribution in [0.5, 0.6) is 0 Å². The number of aromatic nitrogens is 2. The average molecular weight is 355 g/mol. The maximum Gasteiger partial charge on any atom is 0.225 e. The lowest BCUT2D eigenvalue weighted by atomic mass is 10.2. The van der Waals surface area contributed by atoms with Gasteiger partial charge in [-0.25, -0.2) is 4.98 Å². The van der Waals surface area contributed by atoms with Crippen molar-refractivity contribution in [3.8, 4) is 0 Å². The van der Waals surface area contributed by atoms with Crippen molar-refractivity contribution in [2.75, 3.05) is 36.5 Å². The van der Waals surface area contributed by atoms with Gasteiger partial charge in [0.15, 0.2) is 0 Å². The zero-order chi connectivity index (χ0) is 17.1. The topological polar surface area (TPSA) is 50.3 Å². The lowest BCUT2D eigenvalue weighted by Gasteiger charge is -2.29. The summed E-state index contributed by atoms with van der Waals surface area (Å²) < 4.78 is 5.47. The molecule has 4 rings (SSSR count). The Balaban J connectivity index is 1.66. The Labute approximate surface area is 151 Å². The molecule has 5 nitrogen and oxygen atoms in total. The van der Waals surface area contributed by atoms with Crippen LogP contribution in [-0.4, -0.2) is 36.3 Å². The highest BCUT2D eigenvalue weighted by Gasteiger charge is 2.17. The average Bonchev–Trinajstić information content (AvgIpc) is 2.67. The number of nitrogens with one attached hydrogen (secondary N) is 1. The number of halogens is 1. The molecule has 0 spiro atoms. The molecule has 2 aromatic carbocycles. The van der Waals surface area contributed by atoms with Gasteiger partial charge in [0, 0.05) is 30.0 Å². The van der Waals surface area contributed by atoms with Gasteiger partial charge in [0.1, 0.15) is 5.82 Å². The molecule has 0 radical (unpaired) electrons. The Morgan fingerprint density at radius 2 is 1.76 bits per heavy atom. The van der Waals surface area contributed by atoms with Crippen LogP contribution >= 0.6 is 11.6 Å². The Morgan fingerprint density at radius 1 is 1.00 bits per heavy atom. The van der Waals surface area contributed by atoms with Gasteiger partial charge in [0.2, 0.25) is 5.95 Å². The van der Waals surface area contributed by atoms with E-state index in [1.807, 2.05) is 42.5 Å². The summed E-state index contributed by atoms with van der Waals surface area (Å²) in [6.07, 6.45) is 0. The van der Waals surface area contributed by atoms with Gasteiger partial charge in [0.25, 0.3) is 0 Å². The second-order valence-corrected chi connectivity index (χ2v) is 6.34. The largest absolute Gasteiger partial charge is 0.378 e. The zero-order valence-corrected chi connectivity index (χ0v) is 14.5. The quantitative estimate of drug-likeness (QED) is 0.773. The normalized spacial score (nSPS) is 14.7. The van der Waals surface area contributed by atoms with E-state index in [1.54, 1.807) is 0 Å². The van der Waals surface area contributed by atoms with E-state index in [4.69, 9.17) is 21.3 Å². The standard InChI is InChI=1S/C19H19ClN4O/c20-16-7-3-1-5-14(16)13-21-19-22-17-8-4-2-6-15(17)18(23-19)24-9-11-25-12-10-24/h1-8H,9-13H2,(H,21,22,23). The number of nitrogens with zero attached hydrogens (tertiary/aromatic N) is 3. The van der Waals surface area contributed by atoms with Gasteiger partial charge in [-0.1, -0.05) is 41.9 Å². The Morgan fingerprint density at radius 3 is 2.60 bits per heavy atom. The minimum Gasteiger partial charge on any atom is -0.378 e. The number of para-hydroxylation sites is 1. The molecular weight excluding hydrogens is 336 g/mol. The summed E-state index contributed by atoms with van der Waals surface area (Å²) in [5.41, 5.74) is 1.95. The second-order valence-electron chi connectivity index (χ2n) is 5.93. The first-order valence-corrected chi connectivity index (χ1v) is 8.76. The fourth-order valence-corrected chi connectivity index (χ4v) is 3.17. The second kappa shape index (κ2) is 7.25. The van der Waals surface area contributed by atoms with E-state index in [0.29, 0.717) is 12.5 Å². The van der Waals surface area contributed by atoms with Gasteiger partial charge >= 0.3 is 0 Å². The Kier molecular flexibility index (Phi) is 4.68. The highest BCUT2D eigenvalue weighted by atomic mass is 35.5. The number of hydrogen-bond donors (Lipinski definition) is 1. The van der Waals surface area contributed by atoms with Crippen LogP contribution in [0.4, 0.5) is 11.8 Å². The Bertz CT molecular complexity index is 880. The van der Waals surface area contributed by atoms with Crippen molar-refractivity contribution in [2.24, 2.45) is 0 Å². The first-order valence-electron chi connectivity index (χ1n) is 8.38. The van der Waals surface area contributed by atoms with Crippen molar-refractivity contribution in [3.05, 3.63) is 59.1 Å². The fraction of sp³-hybridized carbons (Fsp3) is 0.263. The number of anilines is 2. The molecule has 1 aliphatic heterocycles. The molecule has 0 aliphatic carbocycles. The SMILES string of the molecule is Clc1ccccc1CNc1nc(N2CCOCC2)c2ccccc2n1. The predicted molar refractivity (Wildman–Crippen MR) is 101 cm³/mol. The monoisotopic (exact) mass is 354 g/mol. The molecule has 0 atom stereocenters. The van der Waals surface area contributed by atoms with Gasteiger partial charge < -0.3 is 15.0 Å². The number of ether oxygens (including phenoxy) is 1. The predicted octanol–water partition coefficient (Wildman–Crippen LogP) is 3.73. The number of benzene rings is 2. The van der Waals surface area contributed by atoms with Gasteiger partial charge in [-0.3, -0.25) is 0 Å². The van der Waals surface area contributed by atoms with E-state index in [-0.39, 0.29) is 0 Å². The minimum absolute atomic E-state index is 0.584. The molecule has 1 N–H and O–H groups in total. The summed E-state index contributed by atoms with van der Waals surface area (Å²) >= 11 is 6.24. The zero-order valence-electron chi connectivity index (χ0n) is 13.8. The molecule has 0 bridgehead atoms. The number of rotatable bonds is 4. The highest BCUT2D eigenvalue weighted by molar-refractivity contribution is 6.31. The van der Waals surface area contributed by atoms with Crippen molar-refractivity contribution in [1.29, 1.82) is 0 Å². The summed E-state index contributed by atoms with van der Waals surface area (Å²) in [4.78, 5) is 11.7. The van der Waals surface area contributed by atoms with Gasteiger partial charge in [-0.15, -0.1) is 0 Å². The maximum atomic E-state index is 6.24. The Hall–Kier alpha value is -2.37. The van der Waals surface area contributed by atoms with Gasteiger partial charge in [0.05, 0.1) is 18.7 Å². The molecule has 1 aliphatic rings. The molecule has 25 heavy (non-hydrogen) atoms. The van der Waals surface area contributed by atoms with E-state index >= 15 is 0 Å². The molecule has 6 heteroatoms. The molecule has 128 valence electrons. The van der Waals surface area contributed by atoms with Crippen molar-refractivity contribution in [3.63, 3.8) is 0 Å². The van der Waals surface area contributed by atoms with Gasteiger partial charge in [-0.05, 0) is 23.8 Å². The summed E-state index contributed by atoms with van der Waals surface area (Å²) in [6, 6.07) is 15.9. The maximum absolute atomic E-state index is 6.24. The highest BCUT2D eigenvalue weighted by Crippen LogP contribution is 2.26. The van der Waals surface area contributed by atoms with Crippen molar-refractivity contribution in [1.82, 2.24) is 9.97 Å². The van der Waals surface area contributed by atoms with Crippen LogP contribution in [-0.2, 0) is 11.3 Å². The van der Waals surface area contributed by atoms with Crippen LogP contribution in [0, 0.1) is 0 Å². The van der Waals surface area contributed by atoms with Crippen LogP contribution < -0.4 is 10.2 Å². The molecule has 1 fully saturated rings. The first kappa shape index (κ1) is 16.1. The van der Waals surface area contributed by atoms with Crippen LogP contribution in [0.25, 0.3) is 10.9 Å². The van der Waals surface area contributed by atoms with Crippen LogP contribution in [0.15, 0.2) is 48.5 Å². The summed E-state index contributed by atoms with van der Waals surface area (Å²) in [6.45, 7) is 3.71. The number of fused-ring (bicyclic) bond motifs is 1. The molecule has 0 unspecified atom stereocenters. The lowest BCUT2D eigenvalue weighted by molar-refractivity contribution is 0.122. The van der Waals surface area contributed by atoms with E-state index < -0.39 is 0 Å². The molecule has 0 amide bonds. The number of morpholine rings is 1. The molecular formula is C19H19ClN4O. The van der Waals surface area contributed by atoms with Gasteiger partial charge in [-0.2, -0.15) is 4.98 Å². The smallest absolute Gasteiger partial charge is 0.225 e. The summed E-state index contributed by atoms with van der Waals surface area (Å²) in [5, 5.41) is 5.11. The number of hydrogen-bond acceptors (Lipinski definition) is 5. The lowest BCUT2D eigenvalue weighted by Crippen LogP contribution is -2.37. The van der Waals surface area contributed by atoms with Crippen LogP contribution in [0.3, 0.4) is 0 Å².